The third-order valence-electron chi connectivity index (χ3n) is 5.21. The predicted octanol–water partition coefficient (Wildman–Crippen LogP) is 4.31. The van der Waals surface area contributed by atoms with E-state index in [0.29, 0.717) is 17.9 Å². The highest BCUT2D eigenvalue weighted by molar-refractivity contribution is 6.06. The van der Waals surface area contributed by atoms with E-state index < -0.39 is 12.1 Å². The molecule has 0 bridgehead atoms. The van der Waals surface area contributed by atoms with Crippen LogP contribution in [0.1, 0.15) is 41.9 Å². The van der Waals surface area contributed by atoms with Gasteiger partial charge in [-0.05, 0) is 69.0 Å². The van der Waals surface area contributed by atoms with Crippen molar-refractivity contribution >= 4 is 28.5 Å². The highest BCUT2D eigenvalue weighted by atomic mass is 16.5. The lowest BCUT2D eigenvalue weighted by molar-refractivity contribution is -0.123. The van der Waals surface area contributed by atoms with Crippen LogP contribution >= 0.6 is 0 Å². The number of hydrogen-bond donors (Lipinski definition) is 1. The van der Waals surface area contributed by atoms with Gasteiger partial charge in [0, 0.05) is 16.8 Å². The lowest BCUT2D eigenvalue weighted by Gasteiger charge is -2.16. The van der Waals surface area contributed by atoms with Gasteiger partial charge in [-0.15, -0.1) is 0 Å². The lowest BCUT2D eigenvalue weighted by Crippen LogP contribution is -2.30. The molecule has 0 saturated carbocycles. The maximum Gasteiger partial charge on any atom is 0.339 e. The second kappa shape index (κ2) is 8.53. The van der Waals surface area contributed by atoms with E-state index in [1.54, 1.807) is 31.2 Å². The van der Waals surface area contributed by atoms with Gasteiger partial charge in [-0.25, -0.2) is 4.79 Å². The first kappa shape index (κ1) is 19.9. The number of aryl methyl sites for hydroxylation is 1. The first-order chi connectivity index (χ1) is 14.6. The van der Waals surface area contributed by atoms with Crippen LogP contribution in [-0.2, 0) is 22.4 Å². The molecule has 0 spiro atoms. The van der Waals surface area contributed by atoms with Crippen LogP contribution < -0.4 is 10.1 Å². The summed E-state index contributed by atoms with van der Waals surface area (Å²) >= 11 is 0. The smallest absolute Gasteiger partial charge is 0.339 e. The van der Waals surface area contributed by atoms with E-state index in [1.165, 1.54) is 0 Å². The Balaban J connectivity index is 1.50. The summed E-state index contributed by atoms with van der Waals surface area (Å²) in [6.07, 6.45) is 1.68. The number of aromatic nitrogens is 1. The Morgan fingerprint density at radius 3 is 2.63 bits per heavy atom. The van der Waals surface area contributed by atoms with Crippen LogP contribution in [0.25, 0.3) is 10.9 Å². The highest BCUT2D eigenvalue weighted by Gasteiger charge is 2.27. The van der Waals surface area contributed by atoms with E-state index in [2.05, 4.69) is 5.32 Å². The molecule has 30 heavy (non-hydrogen) atoms. The Morgan fingerprint density at radius 1 is 1.10 bits per heavy atom. The van der Waals surface area contributed by atoms with Crippen molar-refractivity contribution in [3.8, 4) is 5.75 Å². The van der Waals surface area contributed by atoms with Crippen LogP contribution in [0.15, 0.2) is 48.5 Å². The molecule has 0 aliphatic heterocycles. The number of rotatable bonds is 6. The Morgan fingerprint density at radius 2 is 1.87 bits per heavy atom. The minimum atomic E-state index is -0.937. The number of anilines is 1. The fraction of sp³-hybridized carbons (Fsp3) is 0.292. The van der Waals surface area contributed by atoms with Crippen molar-refractivity contribution in [2.24, 2.45) is 0 Å². The Hall–Kier alpha value is -3.41. The normalized spacial score (nSPS) is 13.5. The third kappa shape index (κ3) is 3.99. The zero-order valence-electron chi connectivity index (χ0n) is 17.1. The molecule has 154 valence electrons. The molecule has 2 aromatic carbocycles. The van der Waals surface area contributed by atoms with Gasteiger partial charge in [0.15, 0.2) is 6.10 Å². The number of hydrogen-bond acceptors (Lipinski definition) is 5. The van der Waals surface area contributed by atoms with Gasteiger partial charge in [0.25, 0.3) is 5.91 Å². The summed E-state index contributed by atoms with van der Waals surface area (Å²) in [5.41, 5.74) is 3.82. The second-order valence-corrected chi connectivity index (χ2v) is 7.28. The van der Waals surface area contributed by atoms with Gasteiger partial charge in [0.1, 0.15) is 5.75 Å². The van der Waals surface area contributed by atoms with Crippen molar-refractivity contribution in [1.29, 1.82) is 0 Å². The molecular weight excluding hydrogens is 380 g/mol. The molecule has 4 rings (SSSR count). The van der Waals surface area contributed by atoms with Crippen LogP contribution in [0, 0.1) is 0 Å². The number of carbonyl (C=O) groups is 2. The van der Waals surface area contributed by atoms with Gasteiger partial charge in [0.05, 0.1) is 17.7 Å². The molecule has 1 aliphatic carbocycles. The van der Waals surface area contributed by atoms with Crippen LogP contribution in [0.2, 0.25) is 0 Å². The van der Waals surface area contributed by atoms with Crippen molar-refractivity contribution in [3.05, 3.63) is 65.4 Å². The summed E-state index contributed by atoms with van der Waals surface area (Å²) in [6.45, 7) is 4.06. The fourth-order valence-corrected chi connectivity index (χ4v) is 3.76. The molecule has 3 aromatic rings. The topological polar surface area (TPSA) is 77.5 Å². The van der Waals surface area contributed by atoms with Gasteiger partial charge in [-0.2, -0.15) is 0 Å². The van der Waals surface area contributed by atoms with Gasteiger partial charge in [-0.3, -0.25) is 9.78 Å². The lowest BCUT2D eigenvalue weighted by atomic mass is 10.0. The van der Waals surface area contributed by atoms with E-state index in [4.69, 9.17) is 14.5 Å². The average molecular weight is 404 g/mol. The quantitative estimate of drug-likeness (QED) is 0.620. The number of para-hydroxylation sites is 1. The standard InChI is InChI=1S/C24H24N2O4/c1-3-29-17-13-11-16(12-14-17)25-23(27)15(2)30-24(28)22-18-7-4-5-9-20(18)26-21-10-6-8-19(21)22/h4-5,7,9,11-15H,3,6,8,10H2,1-2H3,(H,25,27)/t15-/m1/s1. The number of nitrogens with one attached hydrogen (secondary N) is 1. The van der Waals surface area contributed by atoms with Crippen LogP contribution in [0.4, 0.5) is 5.69 Å². The maximum atomic E-state index is 13.1. The first-order valence-corrected chi connectivity index (χ1v) is 10.2. The van der Waals surface area contributed by atoms with Gasteiger partial charge < -0.3 is 14.8 Å². The highest BCUT2D eigenvalue weighted by Crippen LogP contribution is 2.30. The summed E-state index contributed by atoms with van der Waals surface area (Å²) < 4.78 is 11.0. The van der Waals surface area contributed by atoms with Gasteiger partial charge in [-0.1, -0.05) is 18.2 Å². The summed E-state index contributed by atoms with van der Waals surface area (Å²) in [4.78, 5) is 30.3. The molecule has 0 saturated heterocycles. The minimum Gasteiger partial charge on any atom is -0.494 e. The molecule has 0 unspecified atom stereocenters. The van der Waals surface area contributed by atoms with Crippen molar-refractivity contribution in [2.75, 3.05) is 11.9 Å². The van der Waals surface area contributed by atoms with E-state index in [9.17, 15) is 9.59 Å². The summed E-state index contributed by atoms with van der Waals surface area (Å²) in [5.74, 6) is -0.142. The van der Waals surface area contributed by atoms with E-state index >= 15 is 0 Å². The summed E-state index contributed by atoms with van der Waals surface area (Å²) in [6, 6.07) is 14.6. The maximum absolute atomic E-state index is 13.1. The van der Waals surface area contributed by atoms with Crippen molar-refractivity contribution in [3.63, 3.8) is 0 Å². The summed E-state index contributed by atoms with van der Waals surface area (Å²) in [5, 5.41) is 3.54. The molecule has 1 aromatic heterocycles. The zero-order chi connectivity index (χ0) is 21.1. The number of fused-ring (bicyclic) bond motifs is 2. The van der Waals surface area contributed by atoms with E-state index in [1.807, 2.05) is 31.2 Å². The molecule has 1 amide bonds. The Kier molecular flexibility index (Phi) is 5.65. The van der Waals surface area contributed by atoms with E-state index in [-0.39, 0.29) is 5.91 Å². The SMILES string of the molecule is CCOc1ccc(NC(=O)[C@@H](C)OC(=O)c2c3c(nc4ccccc24)CCC3)cc1. The van der Waals surface area contributed by atoms with Crippen LogP contribution in [0.3, 0.4) is 0 Å². The van der Waals surface area contributed by atoms with Gasteiger partial charge in [0.2, 0.25) is 0 Å². The predicted molar refractivity (Wildman–Crippen MR) is 115 cm³/mol. The number of esters is 1. The second-order valence-electron chi connectivity index (χ2n) is 7.28. The minimum absolute atomic E-state index is 0.387. The number of carbonyl (C=O) groups excluding carboxylic acids is 2. The molecule has 6 nitrogen and oxygen atoms in total. The van der Waals surface area contributed by atoms with Crippen molar-refractivity contribution in [2.45, 2.75) is 39.2 Å². The largest absolute Gasteiger partial charge is 0.494 e. The average Bonchev–Trinajstić information content (AvgIpc) is 3.21. The van der Waals surface area contributed by atoms with Gasteiger partial charge >= 0.3 is 5.97 Å². The van der Waals surface area contributed by atoms with Crippen molar-refractivity contribution in [1.82, 2.24) is 4.98 Å². The van der Waals surface area contributed by atoms with Crippen LogP contribution in [0.5, 0.6) is 5.75 Å². The summed E-state index contributed by atoms with van der Waals surface area (Å²) in [7, 11) is 0. The molecule has 0 fully saturated rings. The molecule has 1 heterocycles. The Bertz CT molecular complexity index is 1090. The molecule has 1 atom stereocenters. The molecule has 1 N–H and O–H groups in total. The molecular formula is C24H24N2O4. The molecule has 1 aliphatic rings. The number of ether oxygens (including phenoxy) is 2. The van der Waals surface area contributed by atoms with Crippen molar-refractivity contribution < 1.29 is 19.1 Å². The molecule has 0 radical (unpaired) electrons. The van der Waals surface area contributed by atoms with Crippen LogP contribution in [-0.4, -0.2) is 29.6 Å². The number of pyridine rings is 1. The fourth-order valence-electron chi connectivity index (χ4n) is 3.76. The van der Waals surface area contributed by atoms with E-state index in [0.717, 1.165) is 47.2 Å². The zero-order valence-corrected chi connectivity index (χ0v) is 17.1. The monoisotopic (exact) mass is 404 g/mol. The number of benzene rings is 2. The number of amides is 1. The first-order valence-electron chi connectivity index (χ1n) is 10.2. The molecule has 6 heteroatoms. The Labute approximate surface area is 175 Å². The number of nitrogens with zero attached hydrogens (tertiary/aromatic N) is 1. The third-order valence-corrected chi connectivity index (χ3v) is 5.21.